The van der Waals surface area contributed by atoms with Crippen LogP contribution in [0.2, 0.25) is 10.0 Å². The summed E-state index contributed by atoms with van der Waals surface area (Å²) in [5, 5.41) is 6.00. The highest BCUT2D eigenvalue weighted by Crippen LogP contribution is 2.36. The lowest BCUT2D eigenvalue weighted by Gasteiger charge is -2.30. The fraction of sp³-hybridized carbons (Fsp3) is 0.190. The lowest BCUT2D eigenvalue weighted by molar-refractivity contribution is 0.0951. The molecule has 1 amide bonds. The molecule has 0 radical (unpaired) electrons. The van der Waals surface area contributed by atoms with Crippen molar-refractivity contribution in [2.45, 2.75) is 12.5 Å². The number of rotatable bonds is 5. The summed E-state index contributed by atoms with van der Waals surface area (Å²) >= 11 is 13.8. The minimum Gasteiger partial charge on any atom is -0.361 e. The Morgan fingerprint density at radius 2 is 2.00 bits per heavy atom. The van der Waals surface area contributed by atoms with Crippen LogP contribution in [0.25, 0.3) is 0 Å². The van der Waals surface area contributed by atoms with E-state index in [4.69, 9.17) is 23.2 Å². The first kappa shape index (κ1) is 18.4. The van der Waals surface area contributed by atoms with Gasteiger partial charge in [0.25, 0.3) is 5.91 Å². The van der Waals surface area contributed by atoms with E-state index < -0.39 is 0 Å². The zero-order chi connectivity index (χ0) is 18.8. The summed E-state index contributed by atoms with van der Waals surface area (Å²) in [7, 11) is 0. The Balaban J connectivity index is 1.56. The highest BCUT2D eigenvalue weighted by atomic mass is 35.5. The maximum Gasteiger partial charge on any atom is 0.252 e. The molecule has 0 fully saturated rings. The number of carbonyl (C=O) groups excluding carboxylic acids is 1. The molecule has 0 aliphatic carbocycles. The van der Waals surface area contributed by atoms with Crippen LogP contribution in [0.5, 0.6) is 0 Å². The minimum atomic E-state index is -0.189. The number of anilines is 1. The molecule has 27 heavy (non-hydrogen) atoms. The number of carbonyl (C=O) groups is 1. The van der Waals surface area contributed by atoms with Crippen LogP contribution in [-0.4, -0.2) is 19.0 Å². The second-order valence-electron chi connectivity index (χ2n) is 6.44. The number of benzene rings is 2. The molecule has 0 saturated carbocycles. The number of fused-ring (bicyclic) bond motifs is 1. The van der Waals surface area contributed by atoms with E-state index in [-0.39, 0.29) is 11.9 Å². The van der Waals surface area contributed by atoms with E-state index in [1.165, 1.54) is 16.1 Å². The van der Waals surface area contributed by atoms with E-state index >= 15 is 0 Å². The van der Waals surface area contributed by atoms with Crippen LogP contribution in [0.15, 0.2) is 60.0 Å². The predicted molar refractivity (Wildman–Crippen MR) is 113 cm³/mol. The zero-order valence-electron chi connectivity index (χ0n) is 14.5. The molecule has 1 aliphatic heterocycles. The molecule has 0 spiro atoms. The average Bonchev–Trinajstić information content (AvgIpc) is 3.32. The van der Waals surface area contributed by atoms with Crippen LogP contribution in [0.4, 0.5) is 5.69 Å². The van der Waals surface area contributed by atoms with Gasteiger partial charge in [-0.25, -0.2) is 0 Å². The molecule has 0 bridgehead atoms. The highest BCUT2D eigenvalue weighted by molar-refractivity contribution is 7.10. The Hall–Kier alpha value is -2.01. The van der Waals surface area contributed by atoms with Crippen molar-refractivity contribution in [2.24, 2.45) is 0 Å². The van der Waals surface area contributed by atoms with E-state index in [9.17, 15) is 4.79 Å². The SMILES string of the molecule is O=C(NCC(c1cccs1)N1CCc2ccccc21)c1ccc(Cl)cc1Cl. The van der Waals surface area contributed by atoms with E-state index in [2.05, 4.69) is 45.9 Å². The van der Waals surface area contributed by atoms with Crippen LogP contribution in [0.1, 0.15) is 26.8 Å². The minimum absolute atomic E-state index is 0.0867. The molecule has 3 nitrogen and oxygen atoms in total. The number of nitrogens with zero attached hydrogens (tertiary/aromatic N) is 1. The van der Waals surface area contributed by atoms with E-state index in [1.54, 1.807) is 29.5 Å². The topological polar surface area (TPSA) is 32.3 Å². The second-order valence-corrected chi connectivity index (χ2v) is 8.26. The summed E-state index contributed by atoms with van der Waals surface area (Å²) in [4.78, 5) is 16.3. The van der Waals surface area contributed by atoms with Crippen LogP contribution in [0, 0.1) is 0 Å². The van der Waals surface area contributed by atoms with E-state index in [0.29, 0.717) is 22.2 Å². The Morgan fingerprint density at radius 3 is 2.78 bits per heavy atom. The molecule has 4 rings (SSSR count). The third-order valence-electron chi connectivity index (χ3n) is 4.80. The van der Waals surface area contributed by atoms with E-state index in [1.807, 2.05) is 6.07 Å². The Bertz CT molecular complexity index is 959. The molecule has 2 aromatic carbocycles. The van der Waals surface area contributed by atoms with Gasteiger partial charge in [0.1, 0.15) is 0 Å². The lowest BCUT2D eigenvalue weighted by Crippen LogP contribution is -2.37. The monoisotopic (exact) mass is 416 g/mol. The Labute approximate surface area is 172 Å². The first-order valence-corrected chi connectivity index (χ1v) is 10.4. The summed E-state index contributed by atoms with van der Waals surface area (Å²) in [6.45, 7) is 1.45. The smallest absolute Gasteiger partial charge is 0.252 e. The molecular weight excluding hydrogens is 399 g/mol. The standard InChI is InChI=1S/C21H18Cl2N2OS/c22-15-7-8-16(17(23)12-15)21(26)24-13-19(20-6-3-11-27-20)25-10-9-14-4-1-2-5-18(14)25/h1-8,11-12,19H,9-10,13H2,(H,24,26). The molecule has 0 saturated heterocycles. The predicted octanol–water partition coefficient (Wildman–Crippen LogP) is 5.59. The number of hydrogen-bond acceptors (Lipinski definition) is 3. The van der Waals surface area contributed by atoms with Gasteiger partial charge in [-0.15, -0.1) is 11.3 Å². The van der Waals surface area contributed by atoms with Crippen LogP contribution < -0.4 is 10.2 Å². The summed E-state index contributed by atoms with van der Waals surface area (Å²) in [5.41, 5.74) is 3.04. The summed E-state index contributed by atoms with van der Waals surface area (Å²) < 4.78 is 0. The largest absolute Gasteiger partial charge is 0.361 e. The first-order valence-electron chi connectivity index (χ1n) is 8.74. The van der Waals surface area contributed by atoms with Crippen molar-refractivity contribution in [3.8, 4) is 0 Å². The van der Waals surface area contributed by atoms with Crippen molar-refractivity contribution in [2.75, 3.05) is 18.0 Å². The summed E-state index contributed by atoms with van der Waals surface area (Å²) in [6, 6.07) is 17.6. The van der Waals surface area contributed by atoms with Gasteiger partial charge in [-0.05, 0) is 47.7 Å². The van der Waals surface area contributed by atoms with E-state index in [0.717, 1.165) is 13.0 Å². The summed E-state index contributed by atoms with van der Waals surface area (Å²) in [5.74, 6) is -0.189. The quantitative estimate of drug-likeness (QED) is 0.587. The summed E-state index contributed by atoms with van der Waals surface area (Å²) in [6.07, 6.45) is 1.02. The zero-order valence-corrected chi connectivity index (χ0v) is 16.8. The maximum atomic E-state index is 12.7. The third kappa shape index (κ3) is 3.84. The fourth-order valence-electron chi connectivity index (χ4n) is 3.49. The van der Waals surface area contributed by atoms with Crippen molar-refractivity contribution in [1.82, 2.24) is 5.32 Å². The molecule has 1 aromatic heterocycles. The van der Waals surface area contributed by atoms with Crippen molar-refractivity contribution in [3.63, 3.8) is 0 Å². The fourth-order valence-corrected chi connectivity index (χ4v) is 4.82. The van der Waals surface area contributed by atoms with Crippen molar-refractivity contribution < 1.29 is 4.79 Å². The molecule has 6 heteroatoms. The number of thiophene rings is 1. The van der Waals surface area contributed by atoms with Crippen LogP contribution >= 0.6 is 34.5 Å². The van der Waals surface area contributed by atoms with Gasteiger partial charge in [-0.2, -0.15) is 0 Å². The van der Waals surface area contributed by atoms with Gasteiger partial charge in [0.2, 0.25) is 0 Å². The lowest BCUT2D eigenvalue weighted by atomic mass is 10.1. The number of hydrogen-bond donors (Lipinski definition) is 1. The Kier molecular flexibility index (Phi) is 5.39. The third-order valence-corrected chi connectivity index (χ3v) is 6.32. The van der Waals surface area contributed by atoms with Gasteiger partial charge in [0.05, 0.1) is 16.6 Å². The van der Waals surface area contributed by atoms with Crippen LogP contribution in [0.3, 0.4) is 0 Å². The van der Waals surface area contributed by atoms with Crippen molar-refractivity contribution in [1.29, 1.82) is 0 Å². The number of nitrogens with one attached hydrogen (secondary N) is 1. The molecular formula is C21H18Cl2N2OS. The molecule has 1 N–H and O–H groups in total. The molecule has 138 valence electrons. The Morgan fingerprint density at radius 1 is 1.15 bits per heavy atom. The first-order chi connectivity index (χ1) is 13.1. The number of halogens is 2. The van der Waals surface area contributed by atoms with Crippen LogP contribution in [-0.2, 0) is 6.42 Å². The molecule has 1 unspecified atom stereocenters. The average molecular weight is 417 g/mol. The van der Waals surface area contributed by atoms with Gasteiger partial charge in [0.15, 0.2) is 0 Å². The highest BCUT2D eigenvalue weighted by Gasteiger charge is 2.28. The second kappa shape index (κ2) is 7.93. The number of amides is 1. The van der Waals surface area contributed by atoms with Gasteiger partial charge in [-0.3, -0.25) is 4.79 Å². The van der Waals surface area contributed by atoms with Crippen molar-refractivity contribution >= 4 is 46.1 Å². The van der Waals surface area contributed by atoms with Gasteiger partial charge in [0, 0.05) is 28.7 Å². The normalized spacial score (nSPS) is 14.1. The molecule has 3 aromatic rings. The number of para-hydroxylation sites is 1. The van der Waals surface area contributed by atoms with Gasteiger partial charge < -0.3 is 10.2 Å². The van der Waals surface area contributed by atoms with Gasteiger partial charge in [-0.1, -0.05) is 47.5 Å². The van der Waals surface area contributed by atoms with Gasteiger partial charge >= 0.3 is 0 Å². The molecule has 1 aliphatic rings. The molecule has 2 heterocycles. The van der Waals surface area contributed by atoms with Crippen molar-refractivity contribution in [3.05, 3.63) is 86.0 Å². The molecule has 1 atom stereocenters. The maximum absolute atomic E-state index is 12.7.